The van der Waals surface area contributed by atoms with Crippen LogP contribution in [0.5, 0.6) is 0 Å². The third-order valence-electron chi connectivity index (χ3n) is 3.97. The first kappa shape index (κ1) is 18.4. The van der Waals surface area contributed by atoms with Gasteiger partial charge in [-0.2, -0.15) is 0 Å². The molecule has 0 fully saturated rings. The topological polar surface area (TPSA) is 111 Å². The van der Waals surface area contributed by atoms with Gasteiger partial charge in [-0.25, -0.2) is 4.98 Å². The Bertz CT molecular complexity index is 746. The number of nitrogens with two attached hydrogens (primary N) is 2. The molecule has 1 aromatic heterocycles. The second-order valence-electron chi connectivity index (χ2n) is 7.02. The van der Waals surface area contributed by atoms with Gasteiger partial charge < -0.3 is 16.8 Å². The predicted molar refractivity (Wildman–Crippen MR) is 97.6 cm³/mol. The van der Waals surface area contributed by atoms with E-state index in [1.165, 1.54) is 0 Å². The standard InChI is InChI=1S/C19H24N4O2/c1-19(2,3)14-7-5-13(6-8-14)16(17(21)24)18(25)23-11-12-4-9-15(20)22-10-12/h4-10,16H,11H2,1-3H3,(H2,20,22)(H2,21,24)(H,23,25)/t16-/m0/s1. The van der Waals surface area contributed by atoms with E-state index in [2.05, 4.69) is 31.1 Å². The van der Waals surface area contributed by atoms with E-state index in [1.807, 2.05) is 12.1 Å². The Kier molecular flexibility index (Phi) is 5.41. The summed E-state index contributed by atoms with van der Waals surface area (Å²) in [5, 5.41) is 2.72. The Morgan fingerprint density at radius 3 is 2.24 bits per heavy atom. The van der Waals surface area contributed by atoms with E-state index in [-0.39, 0.29) is 12.0 Å². The maximum atomic E-state index is 12.5. The summed E-state index contributed by atoms with van der Waals surface area (Å²) in [6.07, 6.45) is 1.58. The Morgan fingerprint density at radius 1 is 1.12 bits per heavy atom. The van der Waals surface area contributed by atoms with Crippen molar-refractivity contribution in [3.63, 3.8) is 0 Å². The summed E-state index contributed by atoms with van der Waals surface area (Å²) in [6, 6.07) is 10.8. The molecule has 0 bridgehead atoms. The number of pyridine rings is 1. The van der Waals surface area contributed by atoms with Gasteiger partial charge >= 0.3 is 0 Å². The van der Waals surface area contributed by atoms with Crippen molar-refractivity contribution in [3.05, 3.63) is 59.3 Å². The molecular weight excluding hydrogens is 316 g/mol. The summed E-state index contributed by atoms with van der Waals surface area (Å²) in [5.41, 5.74) is 13.5. The van der Waals surface area contributed by atoms with Gasteiger partial charge in [0, 0.05) is 12.7 Å². The van der Waals surface area contributed by atoms with Crippen LogP contribution in [-0.2, 0) is 21.5 Å². The van der Waals surface area contributed by atoms with Gasteiger partial charge in [-0.3, -0.25) is 9.59 Å². The van der Waals surface area contributed by atoms with Crippen LogP contribution in [0.3, 0.4) is 0 Å². The molecule has 0 saturated carbocycles. The molecule has 0 saturated heterocycles. The molecule has 6 nitrogen and oxygen atoms in total. The molecular formula is C19H24N4O2. The molecule has 1 heterocycles. The normalized spacial score (nSPS) is 12.4. The maximum absolute atomic E-state index is 12.5. The third-order valence-corrected chi connectivity index (χ3v) is 3.97. The summed E-state index contributed by atoms with van der Waals surface area (Å²) in [6.45, 7) is 6.54. The minimum absolute atomic E-state index is 0.00877. The van der Waals surface area contributed by atoms with Gasteiger partial charge in [-0.15, -0.1) is 0 Å². The van der Waals surface area contributed by atoms with Crippen molar-refractivity contribution in [1.82, 2.24) is 10.3 Å². The molecule has 0 radical (unpaired) electrons. The highest BCUT2D eigenvalue weighted by Gasteiger charge is 2.26. The summed E-state index contributed by atoms with van der Waals surface area (Å²) in [4.78, 5) is 28.2. The lowest BCUT2D eigenvalue weighted by Crippen LogP contribution is -2.36. The van der Waals surface area contributed by atoms with E-state index in [4.69, 9.17) is 11.5 Å². The number of carbonyl (C=O) groups excluding carboxylic acids is 2. The second kappa shape index (κ2) is 7.34. The van der Waals surface area contributed by atoms with E-state index < -0.39 is 17.7 Å². The molecule has 0 unspecified atom stereocenters. The summed E-state index contributed by atoms with van der Waals surface area (Å²) in [5.74, 6) is -1.75. The van der Waals surface area contributed by atoms with Crippen LogP contribution in [0.15, 0.2) is 42.6 Å². The Labute approximate surface area is 147 Å². The highest BCUT2D eigenvalue weighted by molar-refractivity contribution is 6.05. The Hall–Kier alpha value is -2.89. The summed E-state index contributed by atoms with van der Waals surface area (Å²) < 4.78 is 0. The van der Waals surface area contributed by atoms with Gasteiger partial charge in [0.15, 0.2) is 0 Å². The zero-order chi connectivity index (χ0) is 18.6. The Morgan fingerprint density at radius 2 is 1.76 bits per heavy atom. The number of benzene rings is 1. The largest absolute Gasteiger partial charge is 0.384 e. The number of carbonyl (C=O) groups is 2. The quantitative estimate of drug-likeness (QED) is 0.721. The van der Waals surface area contributed by atoms with Crippen molar-refractivity contribution < 1.29 is 9.59 Å². The molecule has 0 aliphatic carbocycles. The van der Waals surface area contributed by atoms with Crippen LogP contribution in [0.25, 0.3) is 0 Å². The van der Waals surface area contributed by atoms with Gasteiger partial charge in [0.25, 0.3) is 0 Å². The highest BCUT2D eigenvalue weighted by Crippen LogP contribution is 2.24. The minimum Gasteiger partial charge on any atom is -0.384 e. The number of aromatic nitrogens is 1. The van der Waals surface area contributed by atoms with Crippen molar-refractivity contribution in [2.75, 3.05) is 5.73 Å². The van der Waals surface area contributed by atoms with Crippen molar-refractivity contribution in [1.29, 1.82) is 0 Å². The molecule has 6 heteroatoms. The van der Waals surface area contributed by atoms with E-state index in [0.717, 1.165) is 11.1 Å². The summed E-state index contributed by atoms with van der Waals surface area (Å²) >= 11 is 0. The number of primary amides is 1. The van der Waals surface area contributed by atoms with E-state index >= 15 is 0 Å². The molecule has 0 aliphatic rings. The lowest BCUT2D eigenvalue weighted by atomic mass is 9.85. The van der Waals surface area contributed by atoms with Gasteiger partial charge in [-0.1, -0.05) is 51.1 Å². The number of nitrogens with one attached hydrogen (secondary N) is 1. The molecule has 1 aromatic carbocycles. The zero-order valence-corrected chi connectivity index (χ0v) is 14.7. The van der Waals surface area contributed by atoms with Crippen molar-refractivity contribution in [2.45, 2.75) is 38.6 Å². The van der Waals surface area contributed by atoms with Gasteiger partial charge in [0.1, 0.15) is 11.7 Å². The van der Waals surface area contributed by atoms with Gasteiger partial charge in [0.05, 0.1) is 0 Å². The molecule has 2 aromatic rings. The van der Waals surface area contributed by atoms with Crippen LogP contribution >= 0.6 is 0 Å². The fourth-order valence-corrected chi connectivity index (χ4v) is 2.45. The SMILES string of the molecule is CC(C)(C)c1ccc([C@@H](C(N)=O)C(=O)NCc2ccc(N)nc2)cc1. The monoisotopic (exact) mass is 340 g/mol. The molecule has 132 valence electrons. The lowest BCUT2D eigenvalue weighted by Gasteiger charge is -2.20. The van der Waals surface area contributed by atoms with E-state index in [0.29, 0.717) is 11.4 Å². The van der Waals surface area contributed by atoms with Gasteiger partial charge in [-0.05, 0) is 28.2 Å². The van der Waals surface area contributed by atoms with Crippen molar-refractivity contribution in [2.24, 2.45) is 5.73 Å². The first-order chi connectivity index (χ1) is 11.7. The fraction of sp³-hybridized carbons (Fsp3) is 0.316. The van der Waals surface area contributed by atoms with Crippen LogP contribution in [0.4, 0.5) is 5.82 Å². The van der Waals surface area contributed by atoms with Crippen LogP contribution in [0.2, 0.25) is 0 Å². The number of nitrogen functional groups attached to an aromatic ring is 1. The average molecular weight is 340 g/mol. The first-order valence-corrected chi connectivity index (χ1v) is 8.06. The van der Waals surface area contributed by atoms with Crippen molar-refractivity contribution in [3.8, 4) is 0 Å². The van der Waals surface area contributed by atoms with Crippen molar-refractivity contribution >= 4 is 17.6 Å². The average Bonchev–Trinajstić information content (AvgIpc) is 2.54. The highest BCUT2D eigenvalue weighted by atomic mass is 16.2. The number of rotatable bonds is 5. The number of hydrogen-bond donors (Lipinski definition) is 3. The fourth-order valence-electron chi connectivity index (χ4n) is 2.45. The van der Waals surface area contributed by atoms with Crippen LogP contribution < -0.4 is 16.8 Å². The molecule has 5 N–H and O–H groups in total. The lowest BCUT2D eigenvalue weighted by molar-refractivity contribution is -0.130. The molecule has 25 heavy (non-hydrogen) atoms. The summed E-state index contributed by atoms with van der Waals surface area (Å²) in [7, 11) is 0. The van der Waals surface area contributed by atoms with Gasteiger partial charge in [0.2, 0.25) is 11.8 Å². The zero-order valence-electron chi connectivity index (χ0n) is 14.7. The van der Waals surface area contributed by atoms with Crippen LogP contribution in [0.1, 0.15) is 43.4 Å². The maximum Gasteiger partial charge on any atom is 0.237 e. The number of anilines is 1. The number of amides is 2. The molecule has 0 aliphatic heterocycles. The molecule has 0 spiro atoms. The first-order valence-electron chi connectivity index (χ1n) is 8.06. The number of hydrogen-bond acceptors (Lipinski definition) is 4. The molecule has 2 amide bonds. The molecule has 1 atom stereocenters. The number of nitrogens with zero attached hydrogens (tertiary/aromatic N) is 1. The predicted octanol–water partition coefficient (Wildman–Crippen LogP) is 1.85. The minimum atomic E-state index is -1.03. The Balaban J connectivity index is 2.12. The van der Waals surface area contributed by atoms with E-state index in [9.17, 15) is 9.59 Å². The third kappa shape index (κ3) is 4.79. The second-order valence-corrected chi connectivity index (χ2v) is 7.02. The molecule has 2 rings (SSSR count). The smallest absolute Gasteiger partial charge is 0.237 e. The van der Waals surface area contributed by atoms with E-state index in [1.54, 1.807) is 30.5 Å². The van der Waals surface area contributed by atoms with Crippen LogP contribution in [0, 0.1) is 0 Å². The van der Waals surface area contributed by atoms with Crippen LogP contribution in [-0.4, -0.2) is 16.8 Å².